The number of quaternary nitrogens is 1. The zero-order chi connectivity index (χ0) is 4.83. The highest BCUT2D eigenvalue weighted by Gasteiger charge is 1.79. The molecule has 0 aromatic heterocycles. The van der Waals surface area contributed by atoms with Crippen LogP contribution in [0.25, 0.3) is 0 Å². The van der Waals surface area contributed by atoms with Crippen molar-refractivity contribution in [2.24, 2.45) is 0 Å². The first-order valence-electron chi connectivity index (χ1n) is 2.27. The summed E-state index contributed by atoms with van der Waals surface area (Å²) in [6, 6.07) is 0. The first kappa shape index (κ1) is 6.44. The number of unbranched alkanes of at least 4 members (excludes halogenated alkanes) is 1. The number of halogens is 1. The topological polar surface area (TPSA) is 27.6 Å². The Bertz CT molecular complexity index is 19.5. The predicted molar refractivity (Wildman–Crippen MR) is 30.8 cm³/mol. The molecule has 0 spiro atoms. The summed E-state index contributed by atoms with van der Waals surface area (Å²) in [4.78, 5) is 0. The Labute approximate surface area is 47.0 Å². The second-order valence-corrected chi connectivity index (χ2v) is 2.04. The highest BCUT2D eigenvalue weighted by atomic mass is 79.9. The van der Waals surface area contributed by atoms with Gasteiger partial charge in [0.2, 0.25) is 0 Å². The van der Waals surface area contributed by atoms with Crippen LogP contribution < -0.4 is 5.73 Å². The molecule has 0 rings (SSSR count). The van der Waals surface area contributed by atoms with Gasteiger partial charge in [-0.25, -0.2) is 0 Å². The monoisotopic (exact) mass is 152 g/mol. The lowest BCUT2D eigenvalue weighted by atomic mass is 10.3. The first-order chi connectivity index (χ1) is 2.91. The van der Waals surface area contributed by atoms with Gasteiger partial charge in [-0.1, -0.05) is 15.9 Å². The third-order valence-electron chi connectivity index (χ3n) is 0.634. The van der Waals surface area contributed by atoms with Crippen LogP contribution in [0.15, 0.2) is 0 Å². The van der Waals surface area contributed by atoms with Gasteiger partial charge in [-0.05, 0) is 12.8 Å². The fourth-order valence-corrected chi connectivity index (χ4v) is 0.668. The summed E-state index contributed by atoms with van der Waals surface area (Å²) in [5, 5.41) is 1.13. The Morgan fingerprint density at radius 2 is 2.00 bits per heavy atom. The normalized spacial score (nSPS) is 9.00. The van der Waals surface area contributed by atoms with Crippen molar-refractivity contribution in [1.29, 1.82) is 0 Å². The molecule has 0 saturated carbocycles. The number of hydrogen-bond donors (Lipinski definition) is 1. The van der Waals surface area contributed by atoms with Gasteiger partial charge < -0.3 is 5.73 Å². The van der Waals surface area contributed by atoms with Crippen LogP contribution >= 0.6 is 15.9 Å². The van der Waals surface area contributed by atoms with Gasteiger partial charge in [-0.3, -0.25) is 0 Å². The maximum Gasteiger partial charge on any atom is 0.0740 e. The summed E-state index contributed by atoms with van der Waals surface area (Å²) in [6.45, 7) is 1.08. The van der Waals surface area contributed by atoms with E-state index in [1.165, 1.54) is 12.8 Å². The van der Waals surface area contributed by atoms with E-state index < -0.39 is 0 Å². The fourth-order valence-electron chi connectivity index (χ4n) is 0.271. The second kappa shape index (κ2) is 5.44. The molecule has 0 bridgehead atoms. The maximum absolute atomic E-state index is 3.70. The second-order valence-electron chi connectivity index (χ2n) is 1.25. The lowest BCUT2D eigenvalue weighted by molar-refractivity contribution is -0.368. The van der Waals surface area contributed by atoms with E-state index >= 15 is 0 Å². The Kier molecular flexibility index (Phi) is 5.84. The van der Waals surface area contributed by atoms with E-state index in [1.54, 1.807) is 0 Å². The summed E-state index contributed by atoms with van der Waals surface area (Å²) in [5.41, 5.74) is 3.70. The van der Waals surface area contributed by atoms with Crippen molar-refractivity contribution in [1.82, 2.24) is 0 Å². The molecule has 0 saturated heterocycles. The van der Waals surface area contributed by atoms with Crippen molar-refractivity contribution in [2.75, 3.05) is 11.9 Å². The molecule has 0 aliphatic rings. The van der Waals surface area contributed by atoms with Crippen LogP contribution in [0.4, 0.5) is 0 Å². The van der Waals surface area contributed by atoms with Crippen LogP contribution in [0.3, 0.4) is 0 Å². The van der Waals surface area contributed by atoms with E-state index in [1.807, 2.05) is 0 Å². The number of rotatable bonds is 3. The zero-order valence-corrected chi connectivity index (χ0v) is 5.50. The van der Waals surface area contributed by atoms with Crippen molar-refractivity contribution in [2.45, 2.75) is 12.8 Å². The van der Waals surface area contributed by atoms with Crippen molar-refractivity contribution >= 4 is 15.9 Å². The Balaban J connectivity index is 2.34. The van der Waals surface area contributed by atoms with E-state index in [2.05, 4.69) is 21.7 Å². The smallest absolute Gasteiger partial charge is 0.0740 e. The average Bonchev–Trinajstić information content (AvgIpc) is 1.61. The standard InChI is InChI=1S/C4H10BrN/c5-3-1-2-4-6/h1-4,6H2/p+1. The van der Waals surface area contributed by atoms with Crippen molar-refractivity contribution in [3.8, 4) is 0 Å². The van der Waals surface area contributed by atoms with Gasteiger partial charge in [0.05, 0.1) is 6.54 Å². The van der Waals surface area contributed by atoms with Crippen LogP contribution in [-0.2, 0) is 0 Å². The van der Waals surface area contributed by atoms with Crippen molar-refractivity contribution in [3.05, 3.63) is 0 Å². The molecule has 38 valence electrons. The molecular formula is C4H11BrN+. The fraction of sp³-hybridized carbons (Fsp3) is 1.00. The third kappa shape index (κ3) is 4.44. The van der Waals surface area contributed by atoms with Gasteiger partial charge in [0.15, 0.2) is 0 Å². The first-order valence-corrected chi connectivity index (χ1v) is 3.39. The molecule has 6 heavy (non-hydrogen) atoms. The summed E-state index contributed by atoms with van der Waals surface area (Å²) in [7, 11) is 0. The van der Waals surface area contributed by atoms with Gasteiger partial charge in [0.25, 0.3) is 0 Å². The maximum atomic E-state index is 3.70. The Morgan fingerprint density at radius 1 is 1.33 bits per heavy atom. The molecule has 0 radical (unpaired) electrons. The quantitative estimate of drug-likeness (QED) is 0.449. The Hall–Kier alpha value is 0.440. The van der Waals surface area contributed by atoms with Gasteiger partial charge in [-0.15, -0.1) is 0 Å². The molecule has 0 amide bonds. The highest BCUT2D eigenvalue weighted by Crippen LogP contribution is 1.88. The van der Waals surface area contributed by atoms with Crippen LogP contribution in [0.5, 0.6) is 0 Å². The SMILES string of the molecule is [NH3+]CCCCBr. The zero-order valence-electron chi connectivity index (χ0n) is 3.91. The Morgan fingerprint density at radius 3 is 2.17 bits per heavy atom. The summed E-state index contributed by atoms with van der Waals surface area (Å²) < 4.78 is 0. The summed E-state index contributed by atoms with van der Waals surface area (Å²) in [6.07, 6.45) is 2.52. The minimum Gasteiger partial charge on any atom is -0.358 e. The molecule has 0 heterocycles. The minimum atomic E-state index is 1.08. The third-order valence-corrected chi connectivity index (χ3v) is 1.19. The molecule has 0 atom stereocenters. The highest BCUT2D eigenvalue weighted by molar-refractivity contribution is 9.09. The average molecular weight is 153 g/mol. The molecule has 0 aromatic rings. The van der Waals surface area contributed by atoms with Gasteiger partial charge in [0.1, 0.15) is 0 Å². The number of hydrogen-bond acceptors (Lipinski definition) is 0. The molecule has 1 nitrogen and oxygen atoms in total. The van der Waals surface area contributed by atoms with E-state index in [4.69, 9.17) is 0 Å². The largest absolute Gasteiger partial charge is 0.358 e. The molecule has 0 aliphatic heterocycles. The summed E-state index contributed by atoms with van der Waals surface area (Å²) in [5.74, 6) is 0. The molecule has 0 aliphatic carbocycles. The van der Waals surface area contributed by atoms with Crippen LogP contribution in [0.1, 0.15) is 12.8 Å². The predicted octanol–water partition coefficient (Wildman–Crippen LogP) is 0.403. The van der Waals surface area contributed by atoms with Crippen molar-refractivity contribution in [3.63, 3.8) is 0 Å². The van der Waals surface area contributed by atoms with Crippen LogP contribution in [0.2, 0.25) is 0 Å². The molecule has 0 aromatic carbocycles. The molecule has 2 heteroatoms. The minimum absolute atomic E-state index is 1.08. The van der Waals surface area contributed by atoms with Gasteiger partial charge in [0, 0.05) is 5.33 Å². The van der Waals surface area contributed by atoms with E-state index in [-0.39, 0.29) is 0 Å². The number of alkyl halides is 1. The lowest BCUT2D eigenvalue weighted by Crippen LogP contribution is -2.50. The van der Waals surface area contributed by atoms with Gasteiger partial charge in [-0.2, -0.15) is 0 Å². The van der Waals surface area contributed by atoms with Crippen molar-refractivity contribution < 1.29 is 5.73 Å². The van der Waals surface area contributed by atoms with E-state index in [0.717, 1.165) is 11.9 Å². The van der Waals surface area contributed by atoms with Gasteiger partial charge >= 0.3 is 0 Å². The van der Waals surface area contributed by atoms with Crippen LogP contribution in [-0.4, -0.2) is 11.9 Å². The molecule has 3 N–H and O–H groups in total. The molecular weight excluding hydrogens is 142 g/mol. The van der Waals surface area contributed by atoms with E-state index in [0.29, 0.717) is 0 Å². The van der Waals surface area contributed by atoms with Crippen LogP contribution in [0, 0.1) is 0 Å². The van der Waals surface area contributed by atoms with E-state index in [9.17, 15) is 0 Å². The molecule has 0 unspecified atom stereocenters. The lowest BCUT2D eigenvalue weighted by Gasteiger charge is -1.83. The molecule has 0 fully saturated rings. The summed E-state index contributed by atoms with van der Waals surface area (Å²) >= 11 is 3.32.